The standard InChI is InChI=1S/C17H29N/c1-4-6-7-8-9-11-15(3)18-17-13-10-12-16(5-2)14-17/h10,12-15,18H,4-9,11H2,1-3H3. The van der Waals surface area contributed by atoms with E-state index in [1.807, 2.05) is 0 Å². The van der Waals surface area contributed by atoms with Gasteiger partial charge >= 0.3 is 0 Å². The molecule has 0 aliphatic carbocycles. The van der Waals surface area contributed by atoms with Gasteiger partial charge in [-0.1, -0.05) is 58.1 Å². The highest BCUT2D eigenvalue weighted by Gasteiger charge is 2.02. The van der Waals surface area contributed by atoms with Crippen molar-refractivity contribution in [2.75, 3.05) is 5.32 Å². The molecule has 1 aromatic rings. The second-order valence-corrected chi connectivity index (χ2v) is 5.30. The second-order valence-electron chi connectivity index (χ2n) is 5.30. The van der Waals surface area contributed by atoms with Gasteiger partial charge in [0.2, 0.25) is 0 Å². The van der Waals surface area contributed by atoms with Crippen LogP contribution in [0, 0.1) is 0 Å². The number of unbranched alkanes of at least 4 members (excludes halogenated alkanes) is 4. The van der Waals surface area contributed by atoms with E-state index >= 15 is 0 Å². The van der Waals surface area contributed by atoms with Crippen LogP contribution in [0.2, 0.25) is 0 Å². The molecule has 1 atom stereocenters. The molecule has 0 amide bonds. The fourth-order valence-corrected chi connectivity index (χ4v) is 2.29. The summed E-state index contributed by atoms with van der Waals surface area (Å²) in [7, 11) is 0. The van der Waals surface area contributed by atoms with Crippen LogP contribution in [0.5, 0.6) is 0 Å². The molecule has 0 radical (unpaired) electrons. The number of benzene rings is 1. The number of rotatable bonds is 9. The van der Waals surface area contributed by atoms with Crippen LogP contribution >= 0.6 is 0 Å². The lowest BCUT2D eigenvalue weighted by molar-refractivity contribution is 0.578. The van der Waals surface area contributed by atoms with Gasteiger partial charge in [0.15, 0.2) is 0 Å². The van der Waals surface area contributed by atoms with Crippen molar-refractivity contribution in [2.45, 2.75) is 71.8 Å². The molecular formula is C17H29N. The molecule has 18 heavy (non-hydrogen) atoms. The maximum absolute atomic E-state index is 3.61. The van der Waals surface area contributed by atoms with Gasteiger partial charge in [-0.15, -0.1) is 0 Å². The predicted molar refractivity (Wildman–Crippen MR) is 82.3 cm³/mol. The minimum absolute atomic E-state index is 0.582. The van der Waals surface area contributed by atoms with E-state index in [-0.39, 0.29) is 0 Å². The molecule has 0 heterocycles. The zero-order valence-corrected chi connectivity index (χ0v) is 12.3. The first-order valence-corrected chi connectivity index (χ1v) is 7.61. The van der Waals surface area contributed by atoms with E-state index in [0.717, 1.165) is 6.42 Å². The summed E-state index contributed by atoms with van der Waals surface area (Å²) in [6.45, 7) is 6.76. The fraction of sp³-hybridized carbons (Fsp3) is 0.647. The van der Waals surface area contributed by atoms with Gasteiger partial charge in [0.05, 0.1) is 0 Å². The summed E-state index contributed by atoms with van der Waals surface area (Å²) in [6.07, 6.45) is 9.24. The first kappa shape index (κ1) is 15.1. The summed E-state index contributed by atoms with van der Waals surface area (Å²) in [5, 5.41) is 3.61. The van der Waals surface area contributed by atoms with Crippen molar-refractivity contribution in [3.63, 3.8) is 0 Å². The van der Waals surface area contributed by atoms with Crippen LogP contribution < -0.4 is 5.32 Å². The van der Waals surface area contributed by atoms with Gasteiger partial charge in [0.25, 0.3) is 0 Å². The van der Waals surface area contributed by atoms with Crippen LogP contribution in [-0.2, 0) is 6.42 Å². The lowest BCUT2D eigenvalue weighted by Crippen LogP contribution is -2.14. The summed E-state index contributed by atoms with van der Waals surface area (Å²) in [6, 6.07) is 9.37. The Morgan fingerprint density at radius 2 is 1.83 bits per heavy atom. The maximum atomic E-state index is 3.61. The van der Waals surface area contributed by atoms with Gasteiger partial charge in [-0.3, -0.25) is 0 Å². The molecule has 0 aliphatic rings. The highest BCUT2D eigenvalue weighted by atomic mass is 14.9. The molecule has 1 aromatic carbocycles. The molecule has 0 aliphatic heterocycles. The number of nitrogens with one attached hydrogen (secondary N) is 1. The summed E-state index contributed by atoms with van der Waals surface area (Å²) in [4.78, 5) is 0. The molecule has 0 bridgehead atoms. The van der Waals surface area contributed by atoms with Crippen molar-refractivity contribution >= 4 is 5.69 Å². The molecule has 1 N–H and O–H groups in total. The molecule has 0 saturated heterocycles. The Bertz CT molecular complexity index is 319. The average Bonchev–Trinajstić information content (AvgIpc) is 2.38. The van der Waals surface area contributed by atoms with Crippen LogP contribution in [0.4, 0.5) is 5.69 Å². The van der Waals surface area contributed by atoms with Crippen molar-refractivity contribution < 1.29 is 0 Å². The third-order valence-corrected chi connectivity index (χ3v) is 3.49. The molecular weight excluding hydrogens is 218 g/mol. The van der Waals surface area contributed by atoms with Crippen molar-refractivity contribution in [1.29, 1.82) is 0 Å². The molecule has 1 nitrogen and oxygen atoms in total. The first-order chi connectivity index (χ1) is 8.76. The van der Waals surface area contributed by atoms with Crippen LogP contribution in [0.15, 0.2) is 24.3 Å². The van der Waals surface area contributed by atoms with Crippen LogP contribution in [-0.4, -0.2) is 6.04 Å². The SMILES string of the molecule is CCCCCCCC(C)Nc1cccc(CC)c1. The van der Waals surface area contributed by atoms with Crippen LogP contribution in [0.3, 0.4) is 0 Å². The number of aryl methyl sites for hydroxylation is 1. The Morgan fingerprint density at radius 3 is 2.56 bits per heavy atom. The smallest absolute Gasteiger partial charge is 0.0344 e. The summed E-state index contributed by atoms with van der Waals surface area (Å²) >= 11 is 0. The number of hydrogen-bond acceptors (Lipinski definition) is 1. The molecule has 102 valence electrons. The Morgan fingerprint density at radius 1 is 1.06 bits per heavy atom. The molecule has 1 rings (SSSR count). The lowest BCUT2D eigenvalue weighted by Gasteiger charge is -2.15. The zero-order chi connectivity index (χ0) is 13.2. The van der Waals surface area contributed by atoms with E-state index < -0.39 is 0 Å². The Balaban J connectivity index is 2.24. The monoisotopic (exact) mass is 247 g/mol. The van der Waals surface area contributed by atoms with Gasteiger partial charge in [-0.25, -0.2) is 0 Å². The Hall–Kier alpha value is -0.980. The lowest BCUT2D eigenvalue weighted by atomic mass is 10.1. The van der Waals surface area contributed by atoms with Crippen molar-refractivity contribution in [1.82, 2.24) is 0 Å². The van der Waals surface area contributed by atoms with Crippen molar-refractivity contribution in [2.24, 2.45) is 0 Å². The topological polar surface area (TPSA) is 12.0 Å². The van der Waals surface area contributed by atoms with E-state index in [0.29, 0.717) is 6.04 Å². The van der Waals surface area contributed by atoms with Gasteiger partial charge in [-0.2, -0.15) is 0 Å². The molecule has 1 unspecified atom stereocenters. The molecule has 1 heteroatoms. The Kier molecular flexibility index (Phi) is 7.55. The second kappa shape index (κ2) is 9.02. The molecule has 0 fully saturated rings. The minimum atomic E-state index is 0.582. The van der Waals surface area contributed by atoms with E-state index in [1.165, 1.54) is 49.8 Å². The third-order valence-electron chi connectivity index (χ3n) is 3.49. The Labute approximate surface area is 113 Å². The van der Waals surface area contributed by atoms with Crippen LogP contribution in [0.1, 0.15) is 64.9 Å². The van der Waals surface area contributed by atoms with Gasteiger partial charge < -0.3 is 5.32 Å². The predicted octanol–water partition coefficient (Wildman–Crippen LogP) is 5.41. The maximum Gasteiger partial charge on any atom is 0.0344 e. The number of anilines is 1. The van der Waals surface area contributed by atoms with Gasteiger partial charge in [0.1, 0.15) is 0 Å². The largest absolute Gasteiger partial charge is 0.383 e. The fourth-order valence-electron chi connectivity index (χ4n) is 2.29. The molecule has 0 aromatic heterocycles. The summed E-state index contributed by atoms with van der Waals surface area (Å²) in [5.41, 5.74) is 2.69. The molecule has 0 saturated carbocycles. The van der Waals surface area contributed by atoms with Gasteiger partial charge in [-0.05, 0) is 37.5 Å². The van der Waals surface area contributed by atoms with Crippen molar-refractivity contribution in [3.05, 3.63) is 29.8 Å². The highest BCUT2D eigenvalue weighted by Crippen LogP contribution is 2.15. The normalized spacial score (nSPS) is 12.4. The van der Waals surface area contributed by atoms with E-state index in [2.05, 4.69) is 50.4 Å². The van der Waals surface area contributed by atoms with E-state index in [9.17, 15) is 0 Å². The number of hydrogen-bond donors (Lipinski definition) is 1. The van der Waals surface area contributed by atoms with E-state index in [4.69, 9.17) is 0 Å². The average molecular weight is 247 g/mol. The quantitative estimate of drug-likeness (QED) is 0.575. The van der Waals surface area contributed by atoms with E-state index in [1.54, 1.807) is 0 Å². The summed E-state index contributed by atoms with van der Waals surface area (Å²) in [5.74, 6) is 0. The summed E-state index contributed by atoms with van der Waals surface area (Å²) < 4.78 is 0. The third kappa shape index (κ3) is 6.09. The van der Waals surface area contributed by atoms with Crippen molar-refractivity contribution in [3.8, 4) is 0 Å². The molecule has 0 spiro atoms. The van der Waals surface area contributed by atoms with Gasteiger partial charge in [0, 0.05) is 11.7 Å². The first-order valence-electron chi connectivity index (χ1n) is 7.61. The highest BCUT2D eigenvalue weighted by molar-refractivity contribution is 5.46. The minimum Gasteiger partial charge on any atom is -0.383 e. The van der Waals surface area contributed by atoms with Crippen LogP contribution in [0.25, 0.3) is 0 Å². The zero-order valence-electron chi connectivity index (χ0n) is 12.3.